The molecule has 0 atom stereocenters. The molecule has 1 rings (SSSR count). The van der Waals surface area contributed by atoms with Crippen LogP contribution in [0, 0.1) is 6.92 Å². The van der Waals surface area contributed by atoms with Gasteiger partial charge in [0, 0.05) is 11.4 Å². The molecule has 144 valence electrons. The summed E-state index contributed by atoms with van der Waals surface area (Å²) in [4.78, 5) is 35.6. The average molecular weight is 386 g/mol. The number of carbonyl (C=O) groups excluding carboxylic acids is 3. The lowest BCUT2D eigenvalue weighted by Gasteiger charge is -2.16. The minimum absolute atomic E-state index is 0.0853. The monoisotopic (exact) mass is 385 g/mol. The van der Waals surface area contributed by atoms with Gasteiger partial charge in [0.25, 0.3) is 0 Å². The molecule has 0 aromatic heterocycles. The number of hydrogen-bond acceptors (Lipinski definition) is 6. The topological polar surface area (TPSA) is 90.9 Å². The molecule has 1 N–H and O–H groups in total. The van der Waals surface area contributed by atoms with Crippen molar-refractivity contribution in [1.29, 1.82) is 0 Å². The molecule has 1 aromatic carbocycles. The lowest BCUT2D eigenvalue weighted by Crippen LogP contribution is -2.48. The fraction of sp³-hybridized carbons (Fsp3) is 0.500. The normalized spacial score (nSPS) is 10.3. The zero-order valence-corrected chi connectivity index (χ0v) is 15.9. The van der Waals surface area contributed by atoms with Crippen LogP contribution in [0.5, 0.6) is 5.75 Å². The Balaban J connectivity index is 2.46. The van der Waals surface area contributed by atoms with E-state index in [9.17, 15) is 14.4 Å². The van der Waals surface area contributed by atoms with E-state index in [1.54, 1.807) is 32.0 Å². The molecule has 0 aliphatic carbocycles. The molecule has 0 fully saturated rings. The van der Waals surface area contributed by atoms with Gasteiger partial charge in [-0.3, -0.25) is 4.79 Å². The fourth-order valence-electron chi connectivity index (χ4n) is 2.09. The van der Waals surface area contributed by atoms with Crippen molar-refractivity contribution < 1.29 is 28.6 Å². The van der Waals surface area contributed by atoms with Crippen LogP contribution in [0.25, 0.3) is 0 Å². The van der Waals surface area contributed by atoms with Crippen LogP contribution in [0.1, 0.15) is 32.3 Å². The molecule has 0 unspecified atom stereocenters. The maximum absolute atomic E-state index is 12.0. The van der Waals surface area contributed by atoms with Crippen molar-refractivity contribution in [2.45, 2.75) is 39.7 Å². The van der Waals surface area contributed by atoms with Crippen LogP contribution < -0.4 is 10.1 Å². The highest BCUT2D eigenvalue weighted by atomic mass is 35.5. The molecule has 1 amide bonds. The van der Waals surface area contributed by atoms with Crippen molar-refractivity contribution in [2.24, 2.45) is 0 Å². The predicted molar refractivity (Wildman–Crippen MR) is 96.1 cm³/mol. The minimum Gasteiger partial charge on any atom is -0.493 e. The van der Waals surface area contributed by atoms with Gasteiger partial charge in [0.2, 0.25) is 11.9 Å². The minimum atomic E-state index is -1.46. The molecule has 0 radical (unpaired) electrons. The highest BCUT2D eigenvalue weighted by molar-refractivity contribution is 6.30. The van der Waals surface area contributed by atoms with Crippen molar-refractivity contribution >= 4 is 29.4 Å². The second kappa shape index (κ2) is 11.4. The number of halogens is 1. The van der Waals surface area contributed by atoms with E-state index in [4.69, 9.17) is 25.8 Å². The first kappa shape index (κ1) is 21.8. The average Bonchev–Trinajstić information content (AvgIpc) is 2.58. The number of nitrogens with one attached hydrogen (secondary N) is 1. The molecule has 0 saturated carbocycles. The molecule has 0 spiro atoms. The molecule has 7 nitrogen and oxygen atoms in total. The van der Waals surface area contributed by atoms with Crippen molar-refractivity contribution in [1.82, 2.24) is 5.32 Å². The van der Waals surface area contributed by atoms with Crippen molar-refractivity contribution in [3.8, 4) is 5.75 Å². The Morgan fingerprint density at radius 1 is 1.12 bits per heavy atom. The number of carbonyl (C=O) groups is 3. The first-order valence-corrected chi connectivity index (χ1v) is 8.78. The Morgan fingerprint density at radius 3 is 2.27 bits per heavy atom. The number of aryl methyl sites for hydroxylation is 1. The smallest absolute Gasteiger partial charge is 0.340 e. The van der Waals surface area contributed by atoms with Gasteiger partial charge in [-0.05, 0) is 51.0 Å². The van der Waals surface area contributed by atoms with Gasteiger partial charge >= 0.3 is 11.9 Å². The van der Waals surface area contributed by atoms with Crippen LogP contribution in [0.4, 0.5) is 0 Å². The summed E-state index contributed by atoms with van der Waals surface area (Å²) in [6.07, 6.45) is 0.494. The molecule has 0 bridgehead atoms. The summed E-state index contributed by atoms with van der Waals surface area (Å²) in [5.74, 6) is -1.46. The van der Waals surface area contributed by atoms with Gasteiger partial charge in [0.15, 0.2) is 0 Å². The highest BCUT2D eigenvalue weighted by Crippen LogP contribution is 2.21. The SMILES string of the molecule is CCOC(=O)C(NC(=O)CCCOc1ccc(Cl)cc1C)C(=O)OCC. The van der Waals surface area contributed by atoms with Crippen molar-refractivity contribution in [2.75, 3.05) is 19.8 Å². The number of esters is 2. The molecule has 1 aromatic rings. The molecule has 0 heterocycles. The summed E-state index contributed by atoms with van der Waals surface area (Å²) in [5.41, 5.74) is 0.895. The van der Waals surface area contributed by atoms with E-state index in [-0.39, 0.29) is 19.6 Å². The molecule has 0 aliphatic rings. The lowest BCUT2D eigenvalue weighted by atomic mass is 10.2. The third kappa shape index (κ3) is 7.31. The van der Waals surface area contributed by atoms with Gasteiger partial charge in [-0.25, -0.2) is 9.59 Å². The van der Waals surface area contributed by atoms with Crippen LogP contribution >= 0.6 is 11.6 Å². The van der Waals surface area contributed by atoms with Gasteiger partial charge in [0.1, 0.15) is 5.75 Å². The number of rotatable bonds is 10. The Kier molecular flexibility index (Phi) is 9.51. The zero-order valence-electron chi connectivity index (χ0n) is 15.2. The molecule has 0 aliphatic heterocycles. The molecule has 26 heavy (non-hydrogen) atoms. The summed E-state index contributed by atoms with van der Waals surface area (Å²) in [5, 5.41) is 2.97. The van der Waals surface area contributed by atoms with E-state index >= 15 is 0 Å². The molecule has 8 heteroatoms. The molecule has 0 saturated heterocycles. The summed E-state index contributed by atoms with van der Waals surface area (Å²) in [7, 11) is 0. The molecular formula is C18H24ClNO6. The van der Waals surface area contributed by atoms with E-state index < -0.39 is 23.9 Å². The first-order valence-electron chi connectivity index (χ1n) is 8.40. The Hall–Kier alpha value is -2.28. The van der Waals surface area contributed by atoms with E-state index in [1.807, 2.05) is 6.92 Å². The number of benzene rings is 1. The Labute approximate surface area is 157 Å². The maximum atomic E-state index is 12.0. The van der Waals surface area contributed by atoms with Crippen LogP contribution in [0.3, 0.4) is 0 Å². The van der Waals surface area contributed by atoms with Crippen molar-refractivity contribution in [3.63, 3.8) is 0 Å². The fourth-order valence-corrected chi connectivity index (χ4v) is 2.31. The second-order valence-corrected chi connectivity index (χ2v) is 5.80. The summed E-state index contributed by atoms with van der Waals surface area (Å²) in [6.45, 7) is 5.59. The third-order valence-electron chi connectivity index (χ3n) is 3.29. The van der Waals surface area contributed by atoms with E-state index in [1.165, 1.54) is 0 Å². The number of hydrogen-bond donors (Lipinski definition) is 1. The summed E-state index contributed by atoms with van der Waals surface area (Å²) in [6, 6.07) is 3.81. The summed E-state index contributed by atoms with van der Waals surface area (Å²) >= 11 is 5.88. The zero-order chi connectivity index (χ0) is 19.5. The Morgan fingerprint density at radius 2 is 1.73 bits per heavy atom. The number of amides is 1. The van der Waals surface area contributed by atoms with Crippen LogP contribution in [-0.2, 0) is 23.9 Å². The lowest BCUT2D eigenvalue weighted by molar-refractivity contribution is -0.159. The maximum Gasteiger partial charge on any atom is 0.340 e. The largest absolute Gasteiger partial charge is 0.493 e. The first-order chi connectivity index (χ1) is 12.4. The Bertz CT molecular complexity index is 616. The number of ether oxygens (including phenoxy) is 3. The standard InChI is InChI=1S/C18H24ClNO6/c1-4-24-17(22)16(18(23)25-5-2)20-15(21)7-6-10-26-14-9-8-13(19)11-12(14)3/h8-9,11,16H,4-7,10H2,1-3H3,(H,20,21). The second-order valence-electron chi connectivity index (χ2n) is 5.37. The van der Waals surface area contributed by atoms with Gasteiger partial charge in [-0.1, -0.05) is 11.6 Å². The van der Waals surface area contributed by atoms with E-state index in [0.717, 1.165) is 5.56 Å². The van der Waals surface area contributed by atoms with E-state index in [0.29, 0.717) is 23.8 Å². The van der Waals surface area contributed by atoms with Gasteiger partial charge in [-0.15, -0.1) is 0 Å². The van der Waals surface area contributed by atoms with Crippen molar-refractivity contribution in [3.05, 3.63) is 28.8 Å². The van der Waals surface area contributed by atoms with Gasteiger partial charge in [0.05, 0.1) is 19.8 Å². The van der Waals surface area contributed by atoms with Crippen LogP contribution in [-0.4, -0.2) is 43.7 Å². The predicted octanol–water partition coefficient (Wildman–Crippen LogP) is 2.42. The summed E-state index contributed by atoms with van der Waals surface area (Å²) < 4.78 is 15.2. The highest BCUT2D eigenvalue weighted by Gasteiger charge is 2.30. The van der Waals surface area contributed by atoms with E-state index in [2.05, 4.69) is 5.32 Å². The quantitative estimate of drug-likeness (QED) is 0.378. The van der Waals surface area contributed by atoms with Crippen LogP contribution in [0.15, 0.2) is 18.2 Å². The molecular weight excluding hydrogens is 362 g/mol. The van der Waals surface area contributed by atoms with Crippen LogP contribution in [0.2, 0.25) is 5.02 Å². The van der Waals surface area contributed by atoms with Gasteiger partial charge < -0.3 is 19.5 Å². The third-order valence-corrected chi connectivity index (χ3v) is 3.53. The van der Waals surface area contributed by atoms with Gasteiger partial charge in [-0.2, -0.15) is 0 Å².